The van der Waals surface area contributed by atoms with Crippen molar-refractivity contribution in [2.75, 3.05) is 39.6 Å². The van der Waals surface area contributed by atoms with Crippen LogP contribution >= 0.6 is 15.6 Å². The average molecular weight is 1400 g/mol. The van der Waals surface area contributed by atoms with E-state index in [-0.39, 0.29) is 25.7 Å². The summed E-state index contributed by atoms with van der Waals surface area (Å²) in [6.07, 6.45) is 50.2. The largest absolute Gasteiger partial charge is 0.472 e. The van der Waals surface area contributed by atoms with Gasteiger partial charge in [-0.25, -0.2) is 9.13 Å². The maximum atomic E-state index is 13.1. The van der Waals surface area contributed by atoms with Crippen molar-refractivity contribution in [3.8, 4) is 0 Å². The van der Waals surface area contributed by atoms with Gasteiger partial charge in [0.1, 0.15) is 19.3 Å². The van der Waals surface area contributed by atoms with Gasteiger partial charge in [0.2, 0.25) is 0 Å². The molecule has 0 rings (SSSR count). The number of carbonyl (C=O) groups excluding carboxylic acids is 4. The van der Waals surface area contributed by atoms with Crippen LogP contribution in [0.3, 0.4) is 0 Å². The zero-order chi connectivity index (χ0) is 70.3. The van der Waals surface area contributed by atoms with Crippen LogP contribution in [0.1, 0.15) is 383 Å². The fourth-order valence-electron chi connectivity index (χ4n) is 11.5. The molecule has 0 aliphatic heterocycles. The Bertz CT molecular complexity index is 1870. The number of ether oxygens (including phenoxy) is 4. The van der Waals surface area contributed by atoms with Gasteiger partial charge in [-0.05, 0) is 49.4 Å². The van der Waals surface area contributed by atoms with Crippen LogP contribution in [-0.2, 0) is 65.4 Å². The molecule has 0 heterocycles. The Morgan fingerprint density at radius 1 is 0.295 bits per heavy atom. The van der Waals surface area contributed by atoms with E-state index in [1.807, 2.05) is 0 Å². The van der Waals surface area contributed by atoms with Crippen LogP contribution in [0, 0.1) is 23.7 Å². The van der Waals surface area contributed by atoms with E-state index in [2.05, 4.69) is 55.4 Å². The van der Waals surface area contributed by atoms with E-state index in [9.17, 15) is 43.2 Å². The lowest BCUT2D eigenvalue weighted by Gasteiger charge is -2.21. The second kappa shape index (κ2) is 65.4. The van der Waals surface area contributed by atoms with Crippen molar-refractivity contribution in [2.24, 2.45) is 23.7 Å². The molecule has 0 spiro atoms. The maximum Gasteiger partial charge on any atom is 0.472 e. The Morgan fingerprint density at radius 2 is 0.505 bits per heavy atom. The number of phosphoric ester groups is 2. The third-order valence-corrected chi connectivity index (χ3v) is 19.8. The molecule has 0 amide bonds. The highest BCUT2D eigenvalue weighted by Crippen LogP contribution is 2.45. The van der Waals surface area contributed by atoms with E-state index in [1.165, 1.54) is 173 Å². The van der Waals surface area contributed by atoms with Crippen LogP contribution in [0.25, 0.3) is 0 Å². The summed E-state index contributed by atoms with van der Waals surface area (Å²) in [5.41, 5.74) is 0. The fourth-order valence-corrected chi connectivity index (χ4v) is 13.1. The van der Waals surface area contributed by atoms with Gasteiger partial charge in [-0.1, -0.05) is 331 Å². The molecule has 19 heteroatoms. The maximum absolute atomic E-state index is 13.1. The van der Waals surface area contributed by atoms with Gasteiger partial charge < -0.3 is 33.8 Å². The number of aliphatic hydroxyl groups is 1. The van der Waals surface area contributed by atoms with Crippen molar-refractivity contribution < 1.29 is 80.2 Å². The van der Waals surface area contributed by atoms with Gasteiger partial charge in [0.05, 0.1) is 26.4 Å². The van der Waals surface area contributed by atoms with Gasteiger partial charge in [0.15, 0.2) is 12.2 Å². The molecule has 0 saturated carbocycles. The molecule has 0 aromatic carbocycles. The minimum atomic E-state index is -4.96. The highest BCUT2D eigenvalue weighted by molar-refractivity contribution is 7.47. The summed E-state index contributed by atoms with van der Waals surface area (Å²) >= 11 is 0. The number of phosphoric acid groups is 2. The normalized spacial score (nSPS) is 14.4. The standard InChI is InChI=1S/C76H148O17P2/c1-9-69(8)55-47-39-34-35-41-49-57-74(79)87-63-72(93-76(81)59-51-43-32-26-22-18-20-24-29-37-45-53-67(4)5)65-91-95(84,85)89-61-70(77)60-88-94(82,83)90-64-71(62-86-73(78)56-48-40-33-27-30-38-46-54-68(6)7)92-75(80)58-50-42-31-25-21-17-15-13-11-10-12-14-16-19-23-28-36-44-52-66(2)3/h66-72,77H,9-65H2,1-8H3,(H,82,83)(H,84,85)/t69?,70-,71-,72-/m1/s1. The Kier molecular flexibility index (Phi) is 64.0. The predicted molar refractivity (Wildman–Crippen MR) is 386 cm³/mol. The van der Waals surface area contributed by atoms with Gasteiger partial charge in [0.25, 0.3) is 0 Å². The highest BCUT2D eigenvalue weighted by Gasteiger charge is 2.30. The first-order valence-electron chi connectivity index (χ1n) is 39.2. The van der Waals surface area contributed by atoms with Crippen LogP contribution in [0.15, 0.2) is 0 Å². The quantitative estimate of drug-likeness (QED) is 0.0222. The van der Waals surface area contributed by atoms with Gasteiger partial charge in [-0.15, -0.1) is 0 Å². The Morgan fingerprint density at radius 3 is 0.747 bits per heavy atom. The molecule has 564 valence electrons. The summed E-state index contributed by atoms with van der Waals surface area (Å²) < 4.78 is 68.5. The minimum Gasteiger partial charge on any atom is -0.462 e. The Hall–Kier alpha value is -1.94. The van der Waals surface area contributed by atoms with Crippen LogP contribution in [0.4, 0.5) is 0 Å². The molecule has 6 atom stereocenters. The van der Waals surface area contributed by atoms with Crippen molar-refractivity contribution >= 4 is 39.5 Å². The first-order valence-corrected chi connectivity index (χ1v) is 42.2. The molecule has 0 aliphatic carbocycles. The second-order valence-corrected chi connectivity index (χ2v) is 32.0. The van der Waals surface area contributed by atoms with E-state index < -0.39 is 97.5 Å². The van der Waals surface area contributed by atoms with E-state index in [0.717, 1.165) is 120 Å². The third-order valence-electron chi connectivity index (χ3n) is 17.9. The molecule has 0 aliphatic rings. The van der Waals surface area contributed by atoms with Crippen molar-refractivity contribution in [2.45, 2.75) is 401 Å². The van der Waals surface area contributed by atoms with E-state index in [4.69, 9.17) is 37.0 Å². The second-order valence-electron chi connectivity index (χ2n) is 29.1. The lowest BCUT2D eigenvalue weighted by atomic mass is 10.00. The number of unbranched alkanes of at least 4 members (excludes halogenated alkanes) is 38. The third kappa shape index (κ3) is 69.0. The summed E-state index contributed by atoms with van der Waals surface area (Å²) in [5, 5.41) is 10.6. The lowest BCUT2D eigenvalue weighted by Crippen LogP contribution is -2.30. The summed E-state index contributed by atoms with van der Waals surface area (Å²) in [6.45, 7) is 14.1. The van der Waals surface area contributed by atoms with Crippen LogP contribution in [0.2, 0.25) is 0 Å². The van der Waals surface area contributed by atoms with Crippen molar-refractivity contribution in [1.29, 1.82) is 0 Å². The van der Waals surface area contributed by atoms with Gasteiger partial charge in [0, 0.05) is 25.7 Å². The van der Waals surface area contributed by atoms with Gasteiger partial charge in [-0.3, -0.25) is 37.3 Å². The molecule has 0 saturated heterocycles. The van der Waals surface area contributed by atoms with Crippen LogP contribution < -0.4 is 0 Å². The Balaban J connectivity index is 5.18. The molecule has 3 unspecified atom stereocenters. The monoisotopic (exact) mass is 1400 g/mol. The average Bonchev–Trinajstić information content (AvgIpc) is 1.67. The first-order chi connectivity index (χ1) is 45.6. The van der Waals surface area contributed by atoms with Crippen molar-refractivity contribution in [3.05, 3.63) is 0 Å². The summed E-state index contributed by atoms with van der Waals surface area (Å²) in [5.74, 6) is 0.898. The number of carbonyl (C=O) groups is 4. The van der Waals surface area contributed by atoms with Crippen LogP contribution in [0.5, 0.6) is 0 Å². The molecule has 0 fully saturated rings. The number of esters is 4. The molecule has 95 heavy (non-hydrogen) atoms. The van der Waals surface area contributed by atoms with E-state index >= 15 is 0 Å². The number of hydrogen-bond donors (Lipinski definition) is 3. The molecular formula is C76H148O17P2. The van der Waals surface area contributed by atoms with Gasteiger partial charge >= 0.3 is 39.5 Å². The number of aliphatic hydroxyl groups excluding tert-OH is 1. The summed E-state index contributed by atoms with van der Waals surface area (Å²) in [6, 6.07) is 0. The molecule has 17 nitrogen and oxygen atoms in total. The summed E-state index contributed by atoms with van der Waals surface area (Å²) in [7, 11) is -9.91. The topological polar surface area (TPSA) is 237 Å². The minimum absolute atomic E-state index is 0.105. The number of hydrogen-bond acceptors (Lipinski definition) is 15. The fraction of sp³-hybridized carbons (Fsp3) is 0.947. The smallest absolute Gasteiger partial charge is 0.462 e. The molecule has 3 N–H and O–H groups in total. The molecule has 0 aromatic heterocycles. The van der Waals surface area contributed by atoms with E-state index in [0.29, 0.717) is 31.6 Å². The lowest BCUT2D eigenvalue weighted by molar-refractivity contribution is -0.161. The van der Waals surface area contributed by atoms with Crippen LogP contribution in [-0.4, -0.2) is 96.7 Å². The molecule has 0 aromatic rings. The van der Waals surface area contributed by atoms with Gasteiger partial charge in [-0.2, -0.15) is 0 Å². The zero-order valence-corrected chi connectivity index (χ0v) is 64.1. The highest BCUT2D eigenvalue weighted by atomic mass is 31.2. The zero-order valence-electron chi connectivity index (χ0n) is 62.3. The molecule has 0 radical (unpaired) electrons. The van der Waals surface area contributed by atoms with E-state index in [1.54, 1.807) is 0 Å². The SMILES string of the molecule is CCC(C)CCCCCCCCC(=O)OC[C@H](COP(=O)(O)OC[C@H](O)COP(=O)(O)OC[C@@H](COC(=O)CCCCCCCCCC(C)C)OC(=O)CCCCCCCCCCCCCCCCCCCCC(C)C)OC(=O)CCCCCCCCCCCCCC(C)C. The molecule has 0 bridgehead atoms. The predicted octanol–water partition coefficient (Wildman–Crippen LogP) is 22.0. The van der Waals surface area contributed by atoms with Crippen molar-refractivity contribution in [3.63, 3.8) is 0 Å². The number of rotatable bonds is 73. The first kappa shape index (κ1) is 93.1. The molecular weight excluding hydrogens is 1250 g/mol. The van der Waals surface area contributed by atoms with Crippen molar-refractivity contribution in [1.82, 2.24) is 0 Å². The Labute approximate surface area is 581 Å². The summed E-state index contributed by atoms with van der Waals surface area (Å²) in [4.78, 5) is 72.7.